The zero-order valence-electron chi connectivity index (χ0n) is 17.7. The lowest BCUT2D eigenvalue weighted by molar-refractivity contribution is -0.113. The van der Waals surface area contributed by atoms with Crippen LogP contribution < -0.4 is 14.8 Å². The molecule has 162 valence electrons. The lowest BCUT2D eigenvalue weighted by Crippen LogP contribution is -2.15. The number of nitrogens with zero attached hydrogens (tertiary/aromatic N) is 3. The van der Waals surface area contributed by atoms with E-state index >= 15 is 0 Å². The summed E-state index contributed by atoms with van der Waals surface area (Å²) in [5.74, 6) is 2.81. The van der Waals surface area contributed by atoms with Crippen molar-refractivity contribution in [3.8, 4) is 28.6 Å². The van der Waals surface area contributed by atoms with E-state index in [9.17, 15) is 4.79 Å². The van der Waals surface area contributed by atoms with Crippen molar-refractivity contribution < 1.29 is 14.3 Å². The van der Waals surface area contributed by atoms with Gasteiger partial charge in [-0.25, -0.2) is 0 Å². The Kier molecular flexibility index (Phi) is 6.72. The maximum atomic E-state index is 12.6. The maximum absolute atomic E-state index is 12.6. The van der Waals surface area contributed by atoms with Gasteiger partial charge in [0, 0.05) is 12.6 Å². The number of ether oxygens (including phenoxy) is 2. The number of nitrogens with one attached hydrogen (secondary N) is 1. The number of anilines is 1. The Bertz CT molecular complexity index is 1190. The Morgan fingerprint density at radius 1 is 0.938 bits per heavy atom. The van der Waals surface area contributed by atoms with Crippen LogP contribution in [-0.2, 0) is 11.8 Å². The van der Waals surface area contributed by atoms with E-state index in [1.165, 1.54) is 11.8 Å². The molecule has 1 N–H and O–H groups in total. The van der Waals surface area contributed by atoms with Gasteiger partial charge in [0.05, 0.1) is 18.6 Å². The van der Waals surface area contributed by atoms with Crippen molar-refractivity contribution in [1.82, 2.24) is 14.8 Å². The standard InChI is InChI=1S/C24H22N4O3S/c1-28-23(17-12-14-18(30-2)15-13-17)26-27-24(28)32-16-22(29)25-20-10-6-7-11-21(20)31-19-8-4-3-5-9-19/h3-15H,16H2,1-2H3,(H,25,29). The van der Waals surface area contributed by atoms with Gasteiger partial charge in [0.2, 0.25) is 5.91 Å². The monoisotopic (exact) mass is 446 g/mol. The first kappa shape index (κ1) is 21.5. The lowest BCUT2D eigenvalue weighted by atomic mass is 10.2. The van der Waals surface area contributed by atoms with E-state index < -0.39 is 0 Å². The highest BCUT2D eigenvalue weighted by molar-refractivity contribution is 7.99. The Morgan fingerprint density at radius 2 is 1.66 bits per heavy atom. The number of hydrogen-bond donors (Lipinski definition) is 1. The highest BCUT2D eigenvalue weighted by Gasteiger charge is 2.14. The summed E-state index contributed by atoms with van der Waals surface area (Å²) >= 11 is 1.32. The number of para-hydroxylation sites is 3. The Labute approximate surface area is 190 Å². The lowest BCUT2D eigenvalue weighted by Gasteiger charge is -2.12. The van der Waals surface area contributed by atoms with Gasteiger partial charge in [-0.1, -0.05) is 42.1 Å². The topological polar surface area (TPSA) is 78.3 Å². The van der Waals surface area contributed by atoms with Crippen LogP contribution in [0.5, 0.6) is 17.2 Å². The fourth-order valence-electron chi connectivity index (χ4n) is 3.02. The molecule has 1 heterocycles. The van der Waals surface area contributed by atoms with Crippen molar-refractivity contribution in [2.75, 3.05) is 18.2 Å². The van der Waals surface area contributed by atoms with Crippen molar-refractivity contribution >= 4 is 23.4 Å². The second-order valence-corrected chi connectivity index (χ2v) is 7.78. The quantitative estimate of drug-likeness (QED) is 0.383. The number of hydrogen-bond acceptors (Lipinski definition) is 6. The molecule has 0 radical (unpaired) electrons. The molecule has 0 aliphatic rings. The van der Waals surface area contributed by atoms with Crippen LogP contribution in [0.2, 0.25) is 0 Å². The van der Waals surface area contributed by atoms with E-state index in [4.69, 9.17) is 9.47 Å². The highest BCUT2D eigenvalue weighted by atomic mass is 32.2. The first-order valence-corrected chi connectivity index (χ1v) is 10.9. The Hall–Kier alpha value is -3.78. The molecular formula is C24H22N4O3S. The Balaban J connectivity index is 1.39. The first-order valence-electron chi connectivity index (χ1n) is 9.92. The van der Waals surface area contributed by atoms with Crippen molar-refractivity contribution in [3.05, 3.63) is 78.9 Å². The number of thioether (sulfide) groups is 1. The van der Waals surface area contributed by atoms with Crippen LogP contribution in [0.4, 0.5) is 5.69 Å². The number of aromatic nitrogens is 3. The van der Waals surface area contributed by atoms with Crippen LogP contribution in [0.15, 0.2) is 84.0 Å². The molecule has 0 aliphatic heterocycles. The van der Waals surface area contributed by atoms with E-state index in [-0.39, 0.29) is 11.7 Å². The van der Waals surface area contributed by atoms with Gasteiger partial charge in [-0.15, -0.1) is 10.2 Å². The normalized spacial score (nSPS) is 10.6. The SMILES string of the molecule is COc1ccc(-c2nnc(SCC(=O)Nc3ccccc3Oc3ccccc3)n2C)cc1. The molecule has 7 nitrogen and oxygen atoms in total. The number of carbonyl (C=O) groups excluding carboxylic acids is 1. The summed E-state index contributed by atoms with van der Waals surface area (Å²) in [6, 6.07) is 24.4. The third-order valence-electron chi connectivity index (χ3n) is 4.65. The molecule has 32 heavy (non-hydrogen) atoms. The molecule has 3 aromatic carbocycles. The molecule has 0 aliphatic carbocycles. The summed E-state index contributed by atoms with van der Waals surface area (Å²) in [4.78, 5) is 12.6. The van der Waals surface area contributed by atoms with Crippen molar-refractivity contribution in [2.45, 2.75) is 5.16 Å². The molecule has 0 unspecified atom stereocenters. The summed E-state index contributed by atoms with van der Waals surface area (Å²) in [6.07, 6.45) is 0. The fourth-order valence-corrected chi connectivity index (χ4v) is 3.73. The Morgan fingerprint density at radius 3 is 2.41 bits per heavy atom. The largest absolute Gasteiger partial charge is 0.497 e. The summed E-state index contributed by atoms with van der Waals surface area (Å²) in [5.41, 5.74) is 1.53. The molecule has 4 rings (SSSR count). The minimum atomic E-state index is -0.159. The average molecular weight is 447 g/mol. The molecule has 1 amide bonds. The summed E-state index contributed by atoms with van der Waals surface area (Å²) in [6.45, 7) is 0. The van der Waals surface area contributed by atoms with Gasteiger partial charge in [0.25, 0.3) is 0 Å². The van der Waals surface area contributed by atoms with Gasteiger partial charge in [-0.2, -0.15) is 0 Å². The van der Waals surface area contributed by atoms with Crippen LogP contribution in [0, 0.1) is 0 Å². The van der Waals surface area contributed by atoms with Gasteiger partial charge < -0.3 is 19.4 Å². The molecule has 8 heteroatoms. The molecule has 0 fully saturated rings. The van der Waals surface area contributed by atoms with E-state index in [2.05, 4.69) is 15.5 Å². The van der Waals surface area contributed by atoms with Crippen LogP contribution >= 0.6 is 11.8 Å². The number of methoxy groups -OCH3 is 1. The molecule has 1 aromatic heterocycles. The number of benzene rings is 3. The van der Waals surface area contributed by atoms with Crippen LogP contribution in [0.25, 0.3) is 11.4 Å². The predicted octanol–water partition coefficient (Wildman–Crippen LogP) is 5.01. The third-order valence-corrected chi connectivity index (χ3v) is 5.67. The molecule has 0 spiro atoms. The summed E-state index contributed by atoms with van der Waals surface area (Å²) in [5, 5.41) is 12.1. The van der Waals surface area contributed by atoms with Gasteiger partial charge in [0.1, 0.15) is 11.5 Å². The second-order valence-electron chi connectivity index (χ2n) is 6.84. The zero-order valence-corrected chi connectivity index (χ0v) is 18.5. The van der Waals surface area contributed by atoms with E-state index in [1.54, 1.807) is 7.11 Å². The molecule has 0 atom stereocenters. The predicted molar refractivity (Wildman–Crippen MR) is 125 cm³/mol. The third kappa shape index (κ3) is 5.09. The molecule has 0 saturated heterocycles. The molecule has 4 aromatic rings. The van der Waals surface area contributed by atoms with E-state index in [1.807, 2.05) is 90.5 Å². The van der Waals surface area contributed by atoms with Gasteiger partial charge in [0.15, 0.2) is 16.7 Å². The zero-order chi connectivity index (χ0) is 22.3. The number of amides is 1. The maximum Gasteiger partial charge on any atom is 0.234 e. The second kappa shape index (κ2) is 10.0. The highest BCUT2D eigenvalue weighted by Crippen LogP contribution is 2.30. The van der Waals surface area contributed by atoms with Gasteiger partial charge in [-0.3, -0.25) is 4.79 Å². The average Bonchev–Trinajstić information content (AvgIpc) is 3.20. The summed E-state index contributed by atoms with van der Waals surface area (Å²) < 4.78 is 13.0. The van der Waals surface area contributed by atoms with Crippen LogP contribution in [0.1, 0.15) is 0 Å². The number of carbonyl (C=O) groups is 1. The fraction of sp³-hybridized carbons (Fsp3) is 0.125. The van der Waals surface area contributed by atoms with E-state index in [0.717, 1.165) is 17.1 Å². The van der Waals surface area contributed by atoms with E-state index in [0.29, 0.717) is 22.3 Å². The van der Waals surface area contributed by atoms with Crippen molar-refractivity contribution in [3.63, 3.8) is 0 Å². The number of rotatable bonds is 8. The minimum absolute atomic E-state index is 0.159. The first-order chi connectivity index (χ1) is 15.6. The van der Waals surface area contributed by atoms with Crippen LogP contribution in [-0.4, -0.2) is 33.5 Å². The summed E-state index contributed by atoms with van der Waals surface area (Å²) in [7, 11) is 3.51. The van der Waals surface area contributed by atoms with Crippen molar-refractivity contribution in [1.29, 1.82) is 0 Å². The smallest absolute Gasteiger partial charge is 0.234 e. The minimum Gasteiger partial charge on any atom is -0.497 e. The van der Waals surface area contributed by atoms with Gasteiger partial charge in [-0.05, 0) is 48.5 Å². The van der Waals surface area contributed by atoms with Crippen LogP contribution in [0.3, 0.4) is 0 Å². The molecular weight excluding hydrogens is 424 g/mol. The molecule has 0 bridgehead atoms. The van der Waals surface area contributed by atoms with Gasteiger partial charge >= 0.3 is 0 Å². The van der Waals surface area contributed by atoms with Crippen molar-refractivity contribution in [2.24, 2.45) is 7.05 Å². The molecule has 0 saturated carbocycles.